The lowest BCUT2D eigenvalue weighted by atomic mass is 9.96. The van der Waals surface area contributed by atoms with Crippen molar-refractivity contribution in [2.24, 2.45) is 0 Å². The van der Waals surface area contributed by atoms with E-state index in [1.807, 2.05) is 0 Å². The van der Waals surface area contributed by atoms with Crippen LogP contribution in [0.3, 0.4) is 0 Å². The predicted octanol–water partition coefficient (Wildman–Crippen LogP) is 4.45. The zero-order valence-electron chi connectivity index (χ0n) is 10.3. The molecule has 1 heteroatoms. The molecule has 0 saturated heterocycles. The number of hydrogen-bond donors (Lipinski definition) is 0. The van der Waals surface area contributed by atoms with Crippen LogP contribution in [-0.2, 0) is 0 Å². The molecule has 2 aromatic rings. The largest absolute Gasteiger partial charge is 0.253 e. The average molecular weight is 213 g/mol. The highest BCUT2D eigenvalue weighted by Crippen LogP contribution is 2.25. The Labute approximate surface area is 97.5 Å². The van der Waals surface area contributed by atoms with E-state index in [0.717, 1.165) is 5.52 Å². The van der Waals surface area contributed by atoms with Gasteiger partial charge in [0.1, 0.15) is 0 Å². The summed E-state index contributed by atoms with van der Waals surface area (Å²) in [5.41, 5.74) is 3.72. The lowest BCUT2D eigenvalue weighted by Crippen LogP contribution is -2.00. The van der Waals surface area contributed by atoms with E-state index < -0.39 is 0 Å². The maximum atomic E-state index is 4.78. The van der Waals surface area contributed by atoms with Gasteiger partial charge in [-0.3, -0.25) is 4.98 Å². The monoisotopic (exact) mass is 213 g/mol. The average Bonchev–Trinajstić information content (AvgIpc) is 2.31. The van der Waals surface area contributed by atoms with Crippen LogP contribution in [0.25, 0.3) is 10.9 Å². The molecule has 0 aliphatic carbocycles. The first-order valence-corrected chi connectivity index (χ1v) is 6.12. The van der Waals surface area contributed by atoms with Gasteiger partial charge >= 0.3 is 0 Å². The van der Waals surface area contributed by atoms with Crippen LogP contribution in [0.15, 0.2) is 30.3 Å². The van der Waals surface area contributed by atoms with E-state index in [1.165, 1.54) is 29.5 Å². The van der Waals surface area contributed by atoms with Crippen LogP contribution < -0.4 is 0 Å². The van der Waals surface area contributed by atoms with Crippen LogP contribution in [0, 0.1) is 6.92 Å². The molecule has 2 rings (SSSR count). The summed E-state index contributed by atoms with van der Waals surface area (Å²) in [6.45, 7) is 6.65. The topological polar surface area (TPSA) is 12.9 Å². The molecule has 1 aromatic heterocycles. The predicted molar refractivity (Wildman–Crippen MR) is 69.8 cm³/mol. The van der Waals surface area contributed by atoms with Gasteiger partial charge in [-0.1, -0.05) is 32.0 Å². The van der Waals surface area contributed by atoms with Crippen LogP contribution in [0.1, 0.15) is 43.9 Å². The molecule has 0 aliphatic rings. The van der Waals surface area contributed by atoms with Gasteiger partial charge in [0.05, 0.1) is 5.52 Å². The zero-order valence-corrected chi connectivity index (χ0v) is 10.3. The second-order valence-corrected chi connectivity index (χ2v) is 4.39. The molecular weight excluding hydrogens is 194 g/mol. The SMILES string of the molecule is CCC(CC)c1cc(C)c2ccccc2n1. The lowest BCUT2D eigenvalue weighted by molar-refractivity contribution is 0.625. The smallest absolute Gasteiger partial charge is 0.0708 e. The Kier molecular flexibility index (Phi) is 3.23. The van der Waals surface area contributed by atoms with Crippen LogP contribution in [0.4, 0.5) is 0 Å². The Morgan fingerprint density at radius 3 is 2.50 bits per heavy atom. The molecule has 84 valence electrons. The molecule has 1 nitrogen and oxygen atoms in total. The van der Waals surface area contributed by atoms with Crippen LogP contribution in [-0.4, -0.2) is 4.98 Å². The second kappa shape index (κ2) is 4.65. The van der Waals surface area contributed by atoms with E-state index in [2.05, 4.69) is 51.1 Å². The molecule has 0 atom stereocenters. The number of aryl methyl sites for hydroxylation is 1. The van der Waals surface area contributed by atoms with E-state index >= 15 is 0 Å². The van der Waals surface area contributed by atoms with E-state index in [0.29, 0.717) is 5.92 Å². The molecule has 0 bridgehead atoms. The standard InChI is InChI=1S/C15H19N/c1-4-12(5-2)15-10-11(3)13-8-6-7-9-14(13)16-15/h6-10,12H,4-5H2,1-3H3. The highest BCUT2D eigenvalue weighted by molar-refractivity contribution is 5.82. The van der Waals surface area contributed by atoms with Crippen molar-refractivity contribution < 1.29 is 0 Å². The Bertz CT molecular complexity index is 484. The number of hydrogen-bond acceptors (Lipinski definition) is 1. The van der Waals surface area contributed by atoms with Gasteiger partial charge in [-0.15, -0.1) is 0 Å². The van der Waals surface area contributed by atoms with Crippen molar-refractivity contribution in [1.29, 1.82) is 0 Å². The van der Waals surface area contributed by atoms with Crippen molar-refractivity contribution in [3.8, 4) is 0 Å². The van der Waals surface area contributed by atoms with E-state index in [4.69, 9.17) is 4.98 Å². The van der Waals surface area contributed by atoms with Gasteiger partial charge in [-0.05, 0) is 37.5 Å². The summed E-state index contributed by atoms with van der Waals surface area (Å²) < 4.78 is 0. The molecule has 1 heterocycles. The normalized spacial score (nSPS) is 11.2. The lowest BCUT2D eigenvalue weighted by Gasteiger charge is -2.13. The highest BCUT2D eigenvalue weighted by atomic mass is 14.7. The first-order chi connectivity index (χ1) is 7.76. The van der Waals surface area contributed by atoms with Crippen molar-refractivity contribution >= 4 is 10.9 Å². The molecule has 16 heavy (non-hydrogen) atoms. The third-order valence-electron chi connectivity index (χ3n) is 3.35. The minimum absolute atomic E-state index is 0.600. The zero-order chi connectivity index (χ0) is 11.5. The maximum Gasteiger partial charge on any atom is 0.0708 e. The molecule has 0 spiro atoms. The summed E-state index contributed by atoms with van der Waals surface area (Å²) >= 11 is 0. The van der Waals surface area contributed by atoms with Gasteiger partial charge in [0, 0.05) is 17.0 Å². The number of rotatable bonds is 3. The Morgan fingerprint density at radius 1 is 1.12 bits per heavy atom. The third kappa shape index (κ3) is 1.95. The summed E-state index contributed by atoms with van der Waals surface area (Å²) in [5, 5.41) is 1.28. The summed E-state index contributed by atoms with van der Waals surface area (Å²) in [7, 11) is 0. The minimum atomic E-state index is 0.600. The molecule has 0 unspecified atom stereocenters. The molecule has 0 saturated carbocycles. The molecule has 1 aromatic carbocycles. The molecule has 0 aliphatic heterocycles. The molecular formula is C15H19N. The summed E-state index contributed by atoms with van der Waals surface area (Å²) in [6, 6.07) is 10.6. The Hall–Kier alpha value is -1.37. The van der Waals surface area contributed by atoms with E-state index in [-0.39, 0.29) is 0 Å². The van der Waals surface area contributed by atoms with Gasteiger partial charge in [0.2, 0.25) is 0 Å². The van der Waals surface area contributed by atoms with Crippen molar-refractivity contribution in [3.63, 3.8) is 0 Å². The maximum absolute atomic E-state index is 4.78. The molecule has 0 fully saturated rings. The van der Waals surface area contributed by atoms with Crippen molar-refractivity contribution in [3.05, 3.63) is 41.6 Å². The first kappa shape index (κ1) is 11.1. The second-order valence-electron chi connectivity index (χ2n) is 4.39. The van der Waals surface area contributed by atoms with Gasteiger partial charge in [-0.2, -0.15) is 0 Å². The molecule has 0 amide bonds. The fraction of sp³-hybridized carbons (Fsp3) is 0.400. The number of benzene rings is 1. The fourth-order valence-electron chi connectivity index (χ4n) is 2.29. The van der Waals surface area contributed by atoms with Gasteiger partial charge in [-0.25, -0.2) is 0 Å². The van der Waals surface area contributed by atoms with Gasteiger partial charge < -0.3 is 0 Å². The van der Waals surface area contributed by atoms with Crippen LogP contribution in [0.5, 0.6) is 0 Å². The quantitative estimate of drug-likeness (QED) is 0.734. The summed E-state index contributed by atoms with van der Waals surface area (Å²) in [4.78, 5) is 4.78. The fourth-order valence-corrected chi connectivity index (χ4v) is 2.29. The summed E-state index contributed by atoms with van der Waals surface area (Å²) in [5.74, 6) is 0.600. The Balaban J connectivity index is 2.57. The number of pyridine rings is 1. The van der Waals surface area contributed by atoms with Gasteiger partial charge in [0.15, 0.2) is 0 Å². The van der Waals surface area contributed by atoms with Crippen molar-refractivity contribution in [2.75, 3.05) is 0 Å². The number of fused-ring (bicyclic) bond motifs is 1. The first-order valence-electron chi connectivity index (χ1n) is 6.12. The Morgan fingerprint density at radius 2 is 1.81 bits per heavy atom. The highest BCUT2D eigenvalue weighted by Gasteiger charge is 2.10. The molecule has 0 radical (unpaired) electrons. The van der Waals surface area contributed by atoms with Crippen LogP contribution >= 0.6 is 0 Å². The van der Waals surface area contributed by atoms with Crippen molar-refractivity contribution in [1.82, 2.24) is 4.98 Å². The number of nitrogens with zero attached hydrogens (tertiary/aromatic N) is 1. The minimum Gasteiger partial charge on any atom is -0.253 e. The number of para-hydroxylation sites is 1. The van der Waals surface area contributed by atoms with E-state index in [9.17, 15) is 0 Å². The van der Waals surface area contributed by atoms with Gasteiger partial charge in [0.25, 0.3) is 0 Å². The van der Waals surface area contributed by atoms with E-state index in [1.54, 1.807) is 0 Å². The number of aromatic nitrogens is 1. The summed E-state index contributed by atoms with van der Waals surface area (Å²) in [6.07, 6.45) is 2.34. The molecule has 0 N–H and O–H groups in total. The van der Waals surface area contributed by atoms with Crippen molar-refractivity contribution in [2.45, 2.75) is 39.5 Å². The third-order valence-corrected chi connectivity index (χ3v) is 3.35. The van der Waals surface area contributed by atoms with Crippen LogP contribution in [0.2, 0.25) is 0 Å².